The highest BCUT2D eigenvalue weighted by atomic mass is 32.2. The summed E-state index contributed by atoms with van der Waals surface area (Å²) in [5.41, 5.74) is 0.700. The molecular formula is C11H11NO2S. The van der Waals surface area contributed by atoms with Gasteiger partial charge in [-0.1, -0.05) is 0 Å². The van der Waals surface area contributed by atoms with Crippen LogP contribution in [-0.2, 0) is 4.79 Å². The molecule has 0 radical (unpaired) electrons. The molecule has 3 nitrogen and oxygen atoms in total. The summed E-state index contributed by atoms with van der Waals surface area (Å²) in [6.45, 7) is 0. The number of phenols is 1. The standard InChI is InChI=1S/C11H11NO2S/c13-7-1-2-8-9(5-7)15-6-11(3-4-11)10(14)12-8/h1-2,5,13H,3-4,6H2,(H,12,14). The summed E-state index contributed by atoms with van der Waals surface area (Å²) in [6, 6.07) is 5.07. The number of hydrogen-bond donors (Lipinski definition) is 2. The number of aromatic hydroxyl groups is 1. The fourth-order valence-electron chi connectivity index (χ4n) is 1.79. The maximum absolute atomic E-state index is 11.9. The minimum atomic E-state index is -0.126. The van der Waals surface area contributed by atoms with Crippen LogP contribution in [0.2, 0.25) is 0 Å². The van der Waals surface area contributed by atoms with E-state index in [0.29, 0.717) is 0 Å². The quantitative estimate of drug-likeness (QED) is 0.660. The Labute approximate surface area is 91.9 Å². The van der Waals surface area contributed by atoms with E-state index in [1.54, 1.807) is 30.0 Å². The molecular weight excluding hydrogens is 210 g/mol. The van der Waals surface area contributed by atoms with E-state index in [1.165, 1.54) is 0 Å². The van der Waals surface area contributed by atoms with E-state index in [1.807, 2.05) is 0 Å². The Balaban J connectivity index is 2.00. The number of thioether (sulfide) groups is 1. The summed E-state index contributed by atoms with van der Waals surface area (Å²) in [5.74, 6) is 1.22. The number of benzene rings is 1. The number of carbonyl (C=O) groups is 1. The van der Waals surface area contributed by atoms with Crippen LogP contribution in [0.1, 0.15) is 12.8 Å². The average molecular weight is 221 g/mol. The highest BCUT2D eigenvalue weighted by Gasteiger charge is 2.50. The molecule has 0 aromatic heterocycles. The zero-order valence-electron chi connectivity index (χ0n) is 8.12. The number of rotatable bonds is 0. The van der Waals surface area contributed by atoms with Crippen molar-refractivity contribution >= 4 is 23.4 Å². The summed E-state index contributed by atoms with van der Waals surface area (Å²) < 4.78 is 0. The van der Waals surface area contributed by atoms with Crippen molar-refractivity contribution in [3.05, 3.63) is 18.2 Å². The van der Waals surface area contributed by atoms with Crippen molar-refractivity contribution in [3.63, 3.8) is 0 Å². The van der Waals surface area contributed by atoms with Crippen LogP contribution < -0.4 is 5.32 Å². The molecule has 1 amide bonds. The van der Waals surface area contributed by atoms with Crippen molar-refractivity contribution in [1.82, 2.24) is 0 Å². The summed E-state index contributed by atoms with van der Waals surface area (Å²) in [6.07, 6.45) is 1.98. The van der Waals surface area contributed by atoms with Crippen molar-refractivity contribution in [2.75, 3.05) is 11.1 Å². The molecule has 1 spiro atoms. The molecule has 1 aromatic carbocycles. The Morgan fingerprint density at radius 3 is 2.93 bits per heavy atom. The van der Waals surface area contributed by atoms with Gasteiger partial charge >= 0.3 is 0 Å². The molecule has 1 fully saturated rings. The highest BCUT2D eigenvalue weighted by Crippen LogP contribution is 2.52. The van der Waals surface area contributed by atoms with Gasteiger partial charge in [-0.15, -0.1) is 11.8 Å². The van der Waals surface area contributed by atoms with Gasteiger partial charge in [-0.3, -0.25) is 4.79 Å². The molecule has 0 unspecified atom stereocenters. The number of amides is 1. The van der Waals surface area contributed by atoms with E-state index in [9.17, 15) is 9.90 Å². The van der Waals surface area contributed by atoms with Crippen molar-refractivity contribution in [2.24, 2.45) is 5.41 Å². The van der Waals surface area contributed by atoms with Gasteiger partial charge < -0.3 is 10.4 Å². The molecule has 2 aliphatic rings. The Kier molecular flexibility index (Phi) is 1.77. The Bertz CT molecular complexity index is 440. The number of carbonyl (C=O) groups excluding carboxylic acids is 1. The van der Waals surface area contributed by atoms with E-state index >= 15 is 0 Å². The van der Waals surface area contributed by atoms with Crippen LogP contribution >= 0.6 is 11.8 Å². The van der Waals surface area contributed by atoms with Crippen molar-refractivity contribution in [2.45, 2.75) is 17.7 Å². The van der Waals surface area contributed by atoms with Crippen LogP contribution in [0, 0.1) is 5.41 Å². The van der Waals surface area contributed by atoms with Gasteiger partial charge in [0.1, 0.15) is 5.75 Å². The lowest BCUT2D eigenvalue weighted by Gasteiger charge is -2.08. The normalized spacial score (nSPS) is 21.7. The molecule has 3 rings (SSSR count). The molecule has 1 saturated carbocycles. The van der Waals surface area contributed by atoms with Crippen molar-refractivity contribution in [1.29, 1.82) is 0 Å². The van der Waals surface area contributed by atoms with Crippen LogP contribution in [0.5, 0.6) is 5.75 Å². The first-order chi connectivity index (χ1) is 7.20. The minimum absolute atomic E-state index is 0.126. The molecule has 0 atom stereocenters. The zero-order valence-corrected chi connectivity index (χ0v) is 8.93. The number of anilines is 1. The molecule has 0 bridgehead atoms. The maximum Gasteiger partial charge on any atom is 0.231 e. The van der Waals surface area contributed by atoms with Gasteiger partial charge in [0.15, 0.2) is 0 Å². The predicted octanol–water partition coefficient (Wildman–Crippen LogP) is 2.22. The second-order valence-corrected chi connectivity index (χ2v) is 5.22. The first kappa shape index (κ1) is 9.09. The van der Waals surface area contributed by atoms with Gasteiger partial charge in [0.2, 0.25) is 5.91 Å². The molecule has 15 heavy (non-hydrogen) atoms. The number of phenolic OH excluding ortho intramolecular Hbond substituents is 1. The minimum Gasteiger partial charge on any atom is -0.508 e. The molecule has 1 aromatic rings. The smallest absolute Gasteiger partial charge is 0.231 e. The molecule has 2 N–H and O–H groups in total. The number of nitrogens with one attached hydrogen (secondary N) is 1. The fraction of sp³-hybridized carbons (Fsp3) is 0.364. The topological polar surface area (TPSA) is 49.3 Å². The van der Waals surface area contributed by atoms with Gasteiger partial charge in [-0.05, 0) is 31.0 Å². The molecule has 0 saturated heterocycles. The Morgan fingerprint density at radius 1 is 1.40 bits per heavy atom. The molecule has 1 aliphatic carbocycles. The average Bonchev–Trinajstić information content (AvgIpc) is 3.00. The van der Waals surface area contributed by atoms with E-state index in [4.69, 9.17) is 0 Å². The monoisotopic (exact) mass is 221 g/mol. The molecule has 4 heteroatoms. The lowest BCUT2D eigenvalue weighted by Crippen LogP contribution is -2.24. The first-order valence-corrected chi connectivity index (χ1v) is 5.95. The number of fused-ring (bicyclic) bond motifs is 1. The van der Waals surface area contributed by atoms with Crippen molar-refractivity contribution in [3.8, 4) is 5.75 Å². The van der Waals surface area contributed by atoms with Crippen LogP contribution in [-0.4, -0.2) is 16.8 Å². The molecule has 1 heterocycles. The zero-order chi connectivity index (χ0) is 10.5. The van der Waals surface area contributed by atoms with Crippen LogP contribution in [0.3, 0.4) is 0 Å². The van der Waals surface area contributed by atoms with Gasteiger partial charge in [-0.2, -0.15) is 0 Å². The Morgan fingerprint density at radius 2 is 2.20 bits per heavy atom. The summed E-state index contributed by atoms with van der Waals surface area (Å²) in [5, 5.41) is 12.3. The number of hydrogen-bond acceptors (Lipinski definition) is 3. The SMILES string of the molecule is O=C1Nc2ccc(O)cc2SCC12CC2. The fourth-order valence-corrected chi connectivity index (χ4v) is 3.12. The lowest BCUT2D eigenvalue weighted by molar-refractivity contribution is -0.120. The van der Waals surface area contributed by atoms with Gasteiger partial charge in [0.25, 0.3) is 0 Å². The van der Waals surface area contributed by atoms with Crippen molar-refractivity contribution < 1.29 is 9.90 Å². The van der Waals surface area contributed by atoms with Crippen LogP contribution in [0.15, 0.2) is 23.1 Å². The van der Waals surface area contributed by atoms with Gasteiger partial charge in [0.05, 0.1) is 11.1 Å². The van der Waals surface area contributed by atoms with E-state index in [0.717, 1.165) is 29.2 Å². The molecule has 1 aliphatic heterocycles. The highest BCUT2D eigenvalue weighted by molar-refractivity contribution is 7.99. The predicted molar refractivity (Wildman–Crippen MR) is 59.1 cm³/mol. The lowest BCUT2D eigenvalue weighted by atomic mass is 10.1. The second kappa shape index (κ2) is 2.92. The second-order valence-electron chi connectivity index (χ2n) is 4.20. The Hall–Kier alpha value is -1.16. The summed E-state index contributed by atoms with van der Waals surface area (Å²) in [4.78, 5) is 12.8. The maximum atomic E-state index is 11.9. The van der Waals surface area contributed by atoms with Crippen LogP contribution in [0.25, 0.3) is 0 Å². The third-order valence-electron chi connectivity index (χ3n) is 3.05. The van der Waals surface area contributed by atoms with E-state index < -0.39 is 0 Å². The summed E-state index contributed by atoms with van der Waals surface area (Å²) >= 11 is 1.65. The summed E-state index contributed by atoms with van der Waals surface area (Å²) in [7, 11) is 0. The third-order valence-corrected chi connectivity index (χ3v) is 4.40. The first-order valence-electron chi connectivity index (χ1n) is 4.97. The largest absolute Gasteiger partial charge is 0.508 e. The van der Waals surface area contributed by atoms with E-state index in [-0.39, 0.29) is 17.1 Å². The van der Waals surface area contributed by atoms with Gasteiger partial charge in [0, 0.05) is 10.6 Å². The van der Waals surface area contributed by atoms with Gasteiger partial charge in [-0.25, -0.2) is 0 Å². The molecule has 78 valence electrons. The third kappa shape index (κ3) is 1.40. The van der Waals surface area contributed by atoms with Crippen LogP contribution in [0.4, 0.5) is 5.69 Å². The van der Waals surface area contributed by atoms with E-state index in [2.05, 4.69) is 5.32 Å².